The molecule has 1 atom stereocenters. The van der Waals surface area contributed by atoms with Crippen molar-refractivity contribution in [1.82, 2.24) is 0 Å². The average Bonchev–Trinajstić information content (AvgIpc) is 0.918. The van der Waals surface area contributed by atoms with Gasteiger partial charge in [-0.25, -0.2) is 0 Å². The van der Waals surface area contributed by atoms with E-state index in [9.17, 15) is 0 Å². The maximum absolute atomic E-state index is 8.98. The van der Waals surface area contributed by atoms with Gasteiger partial charge in [0.05, 0.1) is 0 Å². The van der Waals surface area contributed by atoms with Crippen LogP contribution in [-0.2, 0) is 3.80 Å². The Hall–Kier alpha value is 1.36. The summed E-state index contributed by atoms with van der Waals surface area (Å²) in [6.07, 6.45) is 0. The van der Waals surface area contributed by atoms with Gasteiger partial charge in [0.1, 0.15) is 0 Å². The summed E-state index contributed by atoms with van der Waals surface area (Å²) in [7, 11) is 2.11. The molecule has 0 bridgehead atoms. The van der Waals surface area contributed by atoms with Crippen molar-refractivity contribution >= 4 is 41.5 Å². The monoisotopic (exact) mass is 84.0 g/mol. The van der Waals surface area contributed by atoms with E-state index in [1.165, 1.54) is 0 Å². The van der Waals surface area contributed by atoms with Crippen LogP contribution in [0.3, 0.4) is 0 Å². The van der Waals surface area contributed by atoms with Crippen molar-refractivity contribution in [2.75, 3.05) is 0 Å². The first-order valence-electron chi connectivity index (χ1n) is 0.569. The van der Waals surface area contributed by atoms with Crippen LogP contribution in [0.4, 0.5) is 0 Å². The molecule has 0 radical (unpaired) electrons. The summed E-state index contributed by atoms with van der Waals surface area (Å²) in [5.41, 5.74) is 0. The third-order valence-corrected chi connectivity index (χ3v) is 0. The summed E-state index contributed by atoms with van der Waals surface area (Å²) >= 11 is -0.583. The van der Waals surface area contributed by atoms with E-state index in [0.29, 0.717) is 0 Å². The van der Waals surface area contributed by atoms with Crippen LogP contribution in [0, 0.1) is 0 Å². The Labute approximate surface area is 45.4 Å². The zero-order valence-corrected chi connectivity index (χ0v) is 3.87. The molecule has 0 rings (SSSR count). The average molecular weight is 83.9 g/mol. The van der Waals surface area contributed by atoms with Crippen LogP contribution in [-0.4, -0.2) is 33.6 Å². The number of rotatable bonds is 0. The first kappa shape index (κ1) is 9.03. The molecule has 0 saturated carbocycles. The van der Waals surface area contributed by atoms with Gasteiger partial charge in [0.15, 0.2) is 0 Å². The molecule has 0 fully saturated rings. The van der Waals surface area contributed by atoms with E-state index in [1.54, 1.807) is 0 Å². The minimum absolute atomic E-state index is 0. The molecule has 1 unspecified atom stereocenters. The van der Waals surface area contributed by atoms with E-state index in [4.69, 9.17) is 3.80 Å². The summed E-state index contributed by atoms with van der Waals surface area (Å²) in [5.74, 6) is 0. The van der Waals surface area contributed by atoms with Gasteiger partial charge in [-0.1, -0.05) is 0 Å². The predicted octanol–water partition coefficient (Wildman–Crippen LogP) is -0.822. The fourth-order valence-corrected chi connectivity index (χ4v) is 0. The van der Waals surface area contributed by atoms with Crippen molar-refractivity contribution in [3.63, 3.8) is 0 Å². The van der Waals surface area contributed by atoms with Crippen molar-refractivity contribution in [2.45, 2.75) is 0 Å². The standard InChI is InChI=1S/Al.Li.O.H2P.H/h;;;1H2;/q+1;;;-1;. The fourth-order valence-electron chi connectivity index (χ4n) is 0. The Morgan fingerprint density at radius 1 is 1.75 bits per heavy atom. The summed E-state index contributed by atoms with van der Waals surface area (Å²) in [5, 5.41) is 0. The molecule has 0 heterocycles. The SMILES string of the molecule is [LiH].[O]=[Al][PH2]. The van der Waals surface area contributed by atoms with Gasteiger partial charge in [-0.05, 0) is 0 Å². The van der Waals surface area contributed by atoms with Gasteiger partial charge in [-0.2, -0.15) is 0 Å². The third kappa shape index (κ3) is 10.1. The first-order valence-corrected chi connectivity index (χ1v) is 3.71. The van der Waals surface area contributed by atoms with Gasteiger partial charge in [-0.15, -0.1) is 0 Å². The second kappa shape index (κ2) is 8.84. The molecule has 0 aromatic carbocycles. The molecular formula is H3AlLiOP. The Kier molecular flexibility index (Phi) is 19.9. The van der Waals surface area contributed by atoms with Crippen molar-refractivity contribution in [3.05, 3.63) is 0 Å². The second-order valence-corrected chi connectivity index (χ2v) is 1.22. The molecule has 0 aliphatic heterocycles. The van der Waals surface area contributed by atoms with Crippen LogP contribution >= 0.6 is 7.89 Å². The van der Waals surface area contributed by atoms with Gasteiger partial charge in [0.2, 0.25) is 0 Å². The normalized spacial score (nSPS) is 2.25. The van der Waals surface area contributed by atoms with Gasteiger partial charge in [0.25, 0.3) is 0 Å². The first-order chi connectivity index (χ1) is 1.41. The van der Waals surface area contributed by atoms with Crippen LogP contribution in [0.25, 0.3) is 0 Å². The van der Waals surface area contributed by atoms with Crippen molar-refractivity contribution in [3.8, 4) is 0 Å². The molecule has 4 heteroatoms. The Bertz CT molecular complexity index is 15.5. The minimum atomic E-state index is -0.583. The van der Waals surface area contributed by atoms with E-state index in [2.05, 4.69) is 7.89 Å². The van der Waals surface area contributed by atoms with Crippen LogP contribution in [0.5, 0.6) is 0 Å². The third-order valence-electron chi connectivity index (χ3n) is 0. The molecule has 0 aliphatic rings. The van der Waals surface area contributed by atoms with E-state index >= 15 is 0 Å². The van der Waals surface area contributed by atoms with Gasteiger partial charge < -0.3 is 0 Å². The van der Waals surface area contributed by atoms with Crippen LogP contribution in [0.2, 0.25) is 0 Å². The molecule has 0 aromatic rings. The summed E-state index contributed by atoms with van der Waals surface area (Å²) in [4.78, 5) is 0. The Balaban J connectivity index is 0. The molecule has 0 amide bonds. The summed E-state index contributed by atoms with van der Waals surface area (Å²) in [6, 6.07) is 0. The van der Waals surface area contributed by atoms with Crippen LogP contribution < -0.4 is 0 Å². The predicted molar refractivity (Wildman–Crippen MR) is 23.3 cm³/mol. The molecule has 0 spiro atoms. The maximum atomic E-state index is 8.98. The van der Waals surface area contributed by atoms with Gasteiger partial charge in [0, 0.05) is 0 Å². The van der Waals surface area contributed by atoms with Crippen LogP contribution in [0.15, 0.2) is 0 Å². The van der Waals surface area contributed by atoms with Crippen molar-refractivity contribution < 1.29 is 3.80 Å². The zero-order chi connectivity index (χ0) is 2.71. The summed E-state index contributed by atoms with van der Waals surface area (Å²) < 4.78 is 8.98. The number of hydrogen-bond donors (Lipinski definition) is 0. The van der Waals surface area contributed by atoms with Gasteiger partial charge >= 0.3 is 45.3 Å². The Morgan fingerprint density at radius 3 is 1.75 bits per heavy atom. The number of hydrogen-bond acceptors (Lipinski definition) is 1. The van der Waals surface area contributed by atoms with E-state index < -0.39 is 14.7 Å². The second-order valence-electron chi connectivity index (χ2n) is 0.136. The topological polar surface area (TPSA) is 17.1 Å². The van der Waals surface area contributed by atoms with E-state index in [0.717, 1.165) is 0 Å². The van der Waals surface area contributed by atoms with Gasteiger partial charge in [-0.3, -0.25) is 0 Å². The molecule has 0 N–H and O–H groups in total. The van der Waals surface area contributed by atoms with Crippen molar-refractivity contribution in [1.29, 1.82) is 0 Å². The molecule has 4 heavy (non-hydrogen) atoms. The molecule has 0 saturated heterocycles. The van der Waals surface area contributed by atoms with Crippen LogP contribution in [0.1, 0.15) is 0 Å². The van der Waals surface area contributed by atoms with Crippen molar-refractivity contribution in [2.24, 2.45) is 0 Å². The van der Waals surface area contributed by atoms with E-state index in [1.807, 2.05) is 0 Å². The molecule has 0 aromatic heterocycles. The van der Waals surface area contributed by atoms with E-state index in [-0.39, 0.29) is 18.9 Å². The molecular weight excluding hydrogens is 80.9 g/mol. The summed E-state index contributed by atoms with van der Waals surface area (Å²) in [6.45, 7) is 0. The molecule has 0 aliphatic carbocycles. The Morgan fingerprint density at radius 2 is 1.75 bits per heavy atom. The zero-order valence-electron chi connectivity index (χ0n) is 1.56. The molecule has 18 valence electrons. The quantitative estimate of drug-likeness (QED) is 0.276. The fraction of sp³-hybridized carbons (Fsp3) is 0. The molecule has 1 nitrogen and oxygen atoms in total.